The topological polar surface area (TPSA) is 58.2 Å². The van der Waals surface area contributed by atoms with Gasteiger partial charge in [0.2, 0.25) is 0 Å². The van der Waals surface area contributed by atoms with Crippen molar-refractivity contribution < 1.29 is 14.0 Å². The Balaban J connectivity index is 1.93. The van der Waals surface area contributed by atoms with E-state index in [1.54, 1.807) is 30.3 Å². The highest BCUT2D eigenvalue weighted by atomic mass is 79.9. The number of halogens is 2. The molecule has 0 heterocycles. The van der Waals surface area contributed by atoms with Crippen molar-refractivity contribution in [2.75, 3.05) is 5.32 Å². The zero-order valence-corrected chi connectivity index (χ0v) is 13.4. The van der Waals surface area contributed by atoms with E-state index >= 15 is 0 Å². The van der Waals surface area contributed by atoms with Gasteiger partial charge in [0, 0.05) is 22.3 Å². The Labute approximate surface area is 135 Å². The molecular formula is C16H14BrFN2O2. The summed E-state index contributed by atoms with van der Waals surface area (Å²) in [6, 6.07) is 11.3. The van der Waals surface area contributed by atoms with Gasteiger partial charge >= 0.3 is 11.8 Å². The molecule has 0 aliphatic carbocycles. The Bertz CT molecular complexity index is 719. The van der Waals surface area contributed by atoms with Crippen LogP contribution < -0.4 is 10.6 Å². The lowest BCUT2D eigenvalue weighted by Crippen LogP contribution is -2.35. The van der Waals surface area contributed by atoms with Crippen molar-refractivity contribution in [1.82, 2.24) is 5.32 Å². The maximum Gasteiger partial charge on any atom is 0.313 e. The van der Waals surface area contributed by atoms with E-state index < -0.39 is 17.6 Å². The molecule has 2 aromatic rings. The smallest absolute Gasteiger partial charge is 0.313 e. The highest BCUT2D eigenvalue weighted by Crippen LogP contribution is 2.20. The molecule has 0 saturated carbocycles. The number of benzene rings is 2. The number of anilines is 1. The van der Waals surface area contributed by atoms with Crippen LogP contribution in [0.5, 0.6) is 0 Å². The van der Waals surface area contributed by atoms with Gasteiger partial charge < -0.3 is 10.6 Å². The second kappa shape index (κ2) is 7.17. The molecule has 0 aliphatic heterocycles. The Kier molecular flexibility index (Phi) is 5.27. The van der Waals surface area contributed by atoms with Crippen LogP contribution in [0.25, 0.3) is 0 Å². The predicted molar refractivity (Wildman–Crippen MR) is 85.8 cm³/mol. The van der Waals surface area contributed by atoms with E-state index in [0.717, 1.165) is 10.0 Å². The summed E-state index contributed by atoms with van der Waals surface area (Å²) in [4.78, 5) is 23.5. The molecule has 6 heteroatoms. The number of amides is 2. The van der Waals surface area contributed by atoms with Crippen molar-refractivity contribution in [3.63, 3.8) is 0 Å². The molecule has 0 atom stereocenters. The molecule has 4 nitrogen and oxygen atoms in total. The molecule has 0 unspecified atom stereocenters. The van der Waals surface area contributed by atoms with Gasteiger partial charge in [-0.05, 0) is 30.7 Å². The van der Waals surface area contributed by atoms with E-state index in [0.29, 0.717) is 11.3 Å². The van der Waals surface area contributed by atoms with Crippen LogP contribution in [-0.4, -0.2) is 11.8 Å². The molecule has 0 aromatic heterocycles. The molecule has 22 heavy (non-hydrogen) atoms. The molecule has 0 fully saturated rings. The molecule has 0 saturated heterocycles. The van der Waals surface area contributed by atoms with Crippen LogP contribution in [0, 0.1) is 12.7 Å². The minimum atomic E-state index is -0.819. The summed E-state index contributed by atoms with van der Waals surface area (Å²) in [5.74, 6) is -2.04. The zero-order chi connectivity index (χ0) is 16.1. The number of rotatable bonds is 3. The van der Waals surface area contributed by atoms with Gasteiger partial charge in [0.1, 0.15) is 5.82 Å². The number of carbonyl (C=O) groups is 2. The Morgan fingerprint density at radius 3 is 2.55 bits per heavy atom. The van der Waals surface area contributed by atoms with Crippen LogP contribution in [0.3, 0.4) is 0 Å². The highest BCUT2D eigenvalue weighted by molar-refractivity contribution is 9.10. The first-order chi connectivity index (χ1) is 10.5. The van der Waals surface area contributed by atoms with E-state index in [1.165, 1.54) is 6.07 Å². The van der Waals surface area contributed by atoms with E-state index in [4.69, 9.17) is 0 Å². The monoisotopic (exact) mass is 364 g/mol. The maximum atomic E-state index is 13.4. The van der Waals surface area contributed by atoms with Gasteiger partial charge in [-0.25, -0.2) is 4.39 Å². The van der Waals surface area contributed by atoms with Crippen LogP contribution >= 0.6 is 15.9 Å². The normalized spacial score (nSPS) is 10.1. The quantitative estimate of drug-likeness (QED) is 0.821. The number of carbonyl (C=O) groups excluding carboxylic acids is 2. The molecule has 2 aromatic carbocycles. The lowest BCUT2D eigenvalue weighted by atomic mass is 10.2. The first-order valence-corrected chi connectivity index (χ1v) is 7.35. The largest absolute Gasteiger partial charge is 0.344 e. The first kappa shape index (κ1) is 16.2. The molecule has 2 N–H and O–H groups in total. The van der Waals surface area contributed by atoms with Gasteiger partial charge in [-0.15, -0.1) is 0 Å². The van der Waals surface area contributed by atoms with E-state index in [1.807, 2.05) is 13.0 Å². The fourth-order valence-corrected chi connectivity index (χ4v) is 2.13. The second-order valence-corrected chi connectivity index (χ2v) is 5.55. The minimum absolute atomic E-state index is 0.0451. The fourth-order valence-electron chi connectivity index (χ4n) is 1.76. The van der Waals surface area contributed by atoms with Crippen LogP contribution in [0.2, 0.25) is 0 Å². The third-order valence-electron chi connectivity index (χ3n) is 3.03. The minimum Gasteiger partial charge on any atom is -0.344 e. The maximum absolute atomic E-state index is 13.4. The molecule has 0 aliphatic rings. The molecule has 2 amide bonds. The van der Waals surface area contributed by atoms with Gasteiger partial charge in [0.05, 0.1) is 0 Å². The van der Waals surface area contributed by atoms with Crippen LogP contribution in [-0.2, 0) is 16.1 Å². The molecule has 0 spiro atoms. The fraction of sp³-hybridized carbons (Fsp3) is 0.125. The summed E-state index contributed by atoms with van der Waals surface area (Å²) < 4.78 is 14.2. The van der Waals surface area contributed by atoms with Gasteiger partial charge in [-0.3, -0.25) is 9.59 Å². The average Bonchev–Trinajstić information content (AvgIpc) is 2.50. The van der Waals surface area contributed by atoms with E-state index in [2.05, 4.69) is 26.6 Å². The second-order valence-electron chi connectivity index (χ2n) is 4.69. The van der Waals surface area contributed by atoms with Crippen molar-refractivity contribution in [1.29, 1.82) is 0 Å². The Morgan fingerprint density at radius 2 is 1.86 bits per heavy atom. The summed E-state index contributed by atoms with van der Waals surface area (Å²) in [5.41, 5.74) is 1.84. The van der Waals surface area contributed by atoms with Gasteiger partial charge in [-0.2, -0.15) is 0 Å². The van der Waals surface area contributed by atoms with Gasteiger partial charge in [0.25, 0.3) is 0 Å². The molecule has 0 bridgehead atoms. The number of aryl methyl sites for hydroxylation is 1. The standard InChI is InChI=1S/C16H14BrFN2O2/c1-10-6-7-12(8-13(10)17)20-16(22)15(21)19-9-11-4-2-3-5-14(11)18/h2-8H,9H2,1H3,(H,19,21)(H,20,22). The van der Waals surface area contributed by atoms with Gasteiger partial charge in [0.15, 0.2) is 0 Å². The summed E-state index contributed by atoms with van der Waals surface area (Å²) in [5, 5.41) is 4.87. The summed E-state index contributed by atoms with van der Waals surface area (Å²) in [6.45, 7) is 1.87. The zero-order valence-electron chi connectivity index (χ0n) is 11.8. The summed E-state index contributed by atoms with van der Waals surface area (Å²) in [6.07, 6.45) is 0. The van der Waals surface area contributed by atoms with E-state index in [9.17, 15) is 14.0 Å². The number of hydrogen-bond donors (Lipinski definition) is 2. The summed E-state index contributed by atoms with van der Waals surface area (Å²) in [7, 11) is 0. The summed E-state index contributed by atoms with van der Waals surface area (Å²) >= 11 is 3.35. The Hall–Kier alpha value is -2.21. The number of hydrogen-bond acceptors (Lipinski definition) is 2. The van der Waals surface area contributed by atoms with Crippen molar-refractivity contribution >= 4 is 33.4 Å². The first-order valence-electron chi connectivity index (χ1n) is 6.56. The van der Waals surface area contributed by atoms with Crippen LogP contribution in [0.1, 0.15) is 11.1 Å². The molecular weight excluding hydrogens is 351 g/mol. The molecule has 114 valence electrons. The lowest BCUT2D eigenvalue weighted by Gasteiger charge is -2.08. The van der Waals surface area contributed by atoms with Crippen LogP contribution in [0.4, 0.5) is 10.1 Å². The SMILES string of the molecule is Cc1ccc(NC(=O)C(=O)NCc2ccccc2F)cc1Br. The highest BCUT2D eigenvalue weighted by Gasteiger charge is 2.14. The average molecular weight is 365 g/mol. The Morgan fingerprint density at radius 1 is 1.14 bits per heavy atom. The molecule has 2 rings (SSSR count). The van der Waals surface area contributed by atoms with Gasteiger partial charge in [-0.1, -0.05) is 40.2 Å². The number of nitrogens with one attached hydrogen (secondary N) is 2. The third-order valence-corrected chi connectivity index (χ3v) is 3.89. The molecule has 0 radical (unpaired) electrons. The van der Waals surface area contributed by atoms with Crippen molar-refractivity contribution in [3.05, 3.63) is 63.9 Å². The van der Waals surface area contributed by atoms with Crippen molar-refractivity contribution in [2.24, 2.45) is 0 Å². The van der Waals surface area contributed by atoms with Crippen molar-refractivity contribution in [2.45, 2.75) is 13.5 Å². The third kappa shape index (κ3) is 4.14. The van der Waals surface area contributed by atoms with Crippen molar-refractivity contribution in [3.8, 4) is 0 Å². The van der Waals surface area contributed by atoms with E-state index in [-0.39, 0.29) is 6.54 Å². The lowest BCUT2D eigenvalue weighted by molar-refractivity contribution is -0.136. The predicted octanol–water partition coefficient (Wildman–Crippen LogP) is 3.15. The van der Waals surface area contributed by atoms with Crippen LogP contribution in [0.15, 0.2) is 46.9 Å².